The fraction of sp³-hybridized carbons (Fsp3) is 0.462. The topological polar surface area (TPSA) is 40.5 Å². The predicted molar refractivity (Wildman–Crippen MR) is 66.4 cm³/mol. The first kappa shape index (κ1) is 11.0. The van der Waals surface area contributed by atoms with E-state index in [-0.39, 0.29) is 5.91 Å². The highest BCUT2D eigenvalue weighted by atomic mass is 32.1. The zero-order valence-electron chi connectivity index (χ0n) is 9.56. The average molecular weight is 249 g/mol. The summed E-state index contributed by atoms with van der Waals surface area (Å²) in [5, 5.41) is 12.2. The zero-order chi connectivity index (χ0) is 11.8. The first-order chi connectivity index (χ1) is 8.27. The maximum absolute atomic E-state index is 12.2. The summed E-state index contributed by atoms with van der Waals surface area (Å²) in [6, 6.07) is 3.97. The molecule has 0 spiro atoms. The standard InChI is InChI=1S/C13H15NO2S/c15-12-10-5-1-2-6-11(10)13(16)14(12)8-9-4-3-7-17-9/h3-4,7,12,15H,1-2,5-6,8H2/t12-/m1/s1. The minimum absolute atomic E-state index is 0.0422. The molecule has 90 valence electrons. The third-order valence-electron chi connectivity index (χ3n) is 3.54. The quantitative estimate of drug-likeness (QED) is 0.873. The Morgan fingerprint density at radius 1 is 1.41 bits per heavy atom. The molecule has 1 aromatic rings. The van der Waals surface area contributed by atoms with Gasteiger partial charge < -0.3 is 10.0 Å². The van der Waals surface area contributed by atoms with Crippen LogP contribution in [0.15, 0.2) is 28.7 Å². The Kier molecular flexibility index (Phi) is 2.76. The smallest absolute Gasteiger partial charge is 0.252 e. The summed E-state index contributed by atoms with van der Waals surface area (Å²) in [5.41, 5.74) is 1.85. The molecule has 1 N–H and O–H groups in total. The van der Waals surface area contributed by atoms with Gasteiger partial charge in [0.15, 0.2) is 6.23 Å². The molecule has 0 radical (unpaired) electrons. The van der Waals surface area contributed by atoms with E-state index >= 15 is 0 Å². The lowest BCUT2D eigenvalue weighted by molar-refractivity contribution is -0.132. The first-order valence-electron chi connectivity index (χ1n) is 6.00. The van der Waals surface area contributed by atoms with Crippen LogP contribution in [-0.2, 0) is 11.3 Å². The third kappa shape index (κ3) is 1.81. The molecule has 0 saturated carbocycles. The number of rotatable bonds is 2. The molecule has 0 unspecified atom stereocenters. The Hall–Kier alpha value is -1.13. The van der Waals surface area contributed by atoms with Crippen LogP contribution in [0.4, 0.5) is 0 Å². The van der Waals surface area contributed by atoms with E-state index in [9.17, 15) is 9.90 Å². The van der Waals surface area contributed by atoms with Crippen LogP contribution in [-0.4, -0.2) is 22.1 Å². The van der Waals surface area contributed by atoms with Crippen molar-refractivity contribution in [2.45, 2.75) is 38.5 Å². The van der Waals surface area contributed by atoms with E-state index in [0.717, 1.165) is 41.7 Å². The Balaban J connectivity index is 1.82. The van der Waals surface area contributed by atoms with Gasteiger partial charge in [-0.1, -0.05) is 6.07 Å². The van der Waals surface area contributed by atoms with Crippen molar-refractivity contribution in [2.75, 3.05) is 0 Å². The largest absolute Gasteiger partial charge is 0.369 e. The van der Waals surface area contributed by atoms with Gasteiger partial charge in [-0.25, -0.2) is 0 Å². The number of aliphatic hydroxyl groups excluding tert-OH is 1. The number of carbonyl (C=O) groups excluding carboxylic acids is 1. The van der Waals surface area contributed by atoms with Crippen LogP contribution in [0.25, 0.3) is 0 Å². The van der Waals surface area contributed by atoms with Gasteiger partial charge in [0.05, 0.1) is 6.54 Å². The molecule has 1 atom stereocenters. The van der Waals surface area contributed by atoms with Gasteiger partial charge >= 0.3 is 0 Å². The van der Waals surface area contributed by atoms with Gasteiger partial charge in [-0.05, 0) is 42.7 Å². The highest BCUT2D eigenvalue weighted by molar-refractivity contribution is 7.09. The van der Waals surface area contributed by atoms with Crippen LogP contribution in [0, 0.1) is 0 Å². The molecule has 0 bridgehead atoms. The van der Waals surface area contributed by atoms with E-state index in [2.05, 4.69) is 0 Å². The highest BCUT2D eigenvalue weighted by Gasteiger charge is 2.38. The molecule has 2 heterocycles. The molecular formula is C13H15NO2S. The predicted octanol–water partition coefficient (Wildman–Crippen LogP) is 2.28. The fourth-order valence-electron chi connectivity index (χ4n) is 2.66. The van der Waals surface area contributed by atoms with Crippen molar-refractivity contribution in [1.29, 1.82) is 0 Å². The van der Waals surface area contributed by atoms with Gasteiger partial charge in [0.25, 0.3) is 5.91 Å². The molecule has 0 aromatic carbocycles. The van der Waals surface area contributed by atoms with Crippen LogP contribution in [0.2, 0.25) is 0 Å². The van der Waals surface area contributed by atoms with E-state index in [1.165, 1.54) is 0 Å². The van der Waals surface area contributed by atoms with Crippen molar-refractivity contribution in [3.05, 3.63) is 33.5 Å². The zero-order valence-corrected chi connectivity index (χ0v) is 10.4. The average Bonchev–Trinajstić information content (AvgIpc) is 2.94. The summed E-state index contributed by atoms with van der Waals surface area (Å²) < 4.78 is 0. The number of hydrogen-bond acceptors (Lipinski definition) is 3. The first-order valence-corrected chi connectivity index (χ1v) is 6.88. The summed E-state index contributed by atoms with van der Waals surface area (Å²) in [6.07, 6.45) is 3.20. The van der Waals surface area contributed by atoms with Gasteiger partial charge in [0, 0.05) is 10.5 Å². The van der Waals surface area contributed by atoms with E-state index in [4.69, 9.17) is 0 Å². The van der Waals surface area contributed by atoms with E-state index < -0.39 is 6.23 Å². The molecule has 1 aliphatic heterocycles. The monoisotopic (exact) mass is 249 g/mol. The fourth-order valence-corrected chi connectivity index (χ4v) is 3.36. The van der Waals surface area contributed by atoms with Crippen LogP contribution >= 0.6 is 11.3 Å². The Morgan fingerprint density at radius 3 is 2.94 bits per heavy atom. The van der Waals surface area contributed by atoms with Crippen molar-refractivity contribution in [3.8, 4) is 0 Å². The maximum atomic E-state index is 12.2. The summed E-state index contributed by atoms with van der Waals surface area (Å²) in [7, 11) is 0. The molecular weight excluding hydrogens is 234 g/mol. The van der Waals surface area contributed by atoms with Crippen molar-refractivity contribution in [2.24, 2.45) is 0 Å². The lowest BCUT2D eigenvalue weighted by Gasteiger charge is -2.21. The van der Waals surface area contributed by atoms with Crippen molar-refractivity contribution in [1.82, 2.24) is 4.90 Å². The molecule has 2 aliphatic rings. The lowest BCUT2D eigenvalue weighted by Crippen LogP contribution is -2.34. The van der Waals surface area contributed by atoms with Gasteiger partial charge in [0.2, 0.25) is 0 Å². The van der Waals surface area contributed by atoms with Crippen LogP contribution in [0.3, 0.4) is 0 Å². The minimum Gasteiger partial charge on any atom is -0.369 e. The molecule has 4 heteroatoms. The molecule has 1 aliphatic carbocycles. The van der Waals surface area contributed by atoms with Crippen LogP contribution in [0.5, 0.6) is 0 Å². The molecule has 1 amide bonds. The van der Waals surface area contributed by atoms with Crippen molar-refractivity contribution >= 4 is 17.2 Å². The Morgan fingerprint density at radius 2 is 2.24 bits per heavy atom. The van der Waals surface area contributed by atoms with Crippen molar-refractivity contribution < 1.29 is 9.90 Å². The number of aliphatic hydroxyl groups is 1. The van der Waals surface area contributed by atoms with E-state index in [0.29, 0.717) is 6.54 Å². The van der Waals surface area contributed by atoms with Gasteiger partial charge in [-0.15, -0.1) is 11.3 Å². The Bertz CT molecular complexity index is 464. The minimum atomic E-state index is -0.681. The van der Waals surface area contributed by atoms with Crippen LogP contribution in [0.1, 0.15) is 30.6 Å². The van der Waals surface area contributed by atoms with Gasteiger partial charge in [-0.2, -0.15) is 0 Å². The summed E-state index contributed by atoms with van der Waals surface area (Å²) in [5.74, 6) is 0.0422. The second-order valence-electron chi connectivity index (χ2n) is 4.60. The van der Waals surface area contributed by atoms with E-state index in [1.807, 2.05) is 17.5 Å². The normalized spacial score (nSPS) is 24.4. The second kappa shape index (κ2) is 4.27. The summed E-state index contributed by atoms with van der Waals surface area (Å²) >= 11 is 1.62. The summed E-state index contributed by atoms with van der Waals surface area (Å²) in [4.78, 5) is 14.9. The number of amides is 1. The third-order valence-corrected chi connectivity index (χ3v) is 4.40. The number of thiophene rings is 1. The molecule has 17 heavy (non-hydrogen) atoms. The number of nitrogens with zero attached hydrogens (tertiary/aromatic N) is 1. The number of hydrogen-bond donors (Lipinski definition) is 1. The van der Waals surface area contributed by atoms with Crippen LogP contribution < -0.4 is 0 Å². The van der Waals surface area contributed by atoms with Gasteiger partial charge in [0.1, 0.15) is 0 Å². The SMILES string of the molecule is O=C1C2=C(CCCC2)[C@@H](O)N1Cc1cccs1. The summed E-state index contributed by atoms with van der Waals surface area (Å²) in [6.45, 7) is 0.532. The second-order valence-corrected chi connectivity index (χ2v) is 5.63. The highest BCUT2D eigenvalue weighted by Crippen LogP contribution is 2.36. The van der Waals surface area contributed by atoms with Gasteiger partial charge in [-0.3, -0.25) is 4.79 Å². The number of carbonyl (C=O) groups is 1. The van der Waals surface area contributed by atoms with E-state index in [1.54, 1.807) is 16.2 Å². The molecule has 3 nitrogen and oxygen atoms in total. The maximum Gasteiger partial charge on any atom is 0.252 e. The molecule has 3 rings (SSSR count). The molecule has 0 saturated heterocycles. The lowest BCUT2D eigenvalue weighted by atomic mass is 9.93. The Labute approximate surface area is 104 Å². The molecule has 0 fully saturated rings. The van der Waals surface area contributed by atoms with Crippen molar-refractivity contribution in [3.63, 3.8) is 0 Å². The molecule has 1 aromatic heterocycles.